The lowest BCUT2D eigenvalue weighted by atomic mass is 9.93. The summed E-state index contributed by atoms with van der Waals surface area (Å²) in [5.74, 6) is -1.51. The molecule has 2 aromatic rings. The summed E-state index contributed by atoms with van der Waals surface area (Å²) >= 11 is 0. The van der Waals surface area contributed by atoms with Crippen LogP contribution in [-0.2, 0) is 9.59 Å². The maximum absolute atomic E-state index is 12.9. The first-order valence-electron chi connectivity index (χ1n) is 10.7. The van der Waals surface area contributed by atoms with Gasteiger partial charge in [0.25, 0.3) is 5.91 Å². The first-order valence-corrected chi connectivity index (χ1v) is 10.7. The lowest BCUT2D eigenvalue weighted by Crippen LogP contribution is -2.43. The number of hydrogen-bond donors (Lipinski definition) is 1. The molecule has 10 nitrogen and oxygen atoms in total. The van der Waals surface area contributed by atoms with Crippen molar-refractivity contribution in [3.05, 3.63) is 42.2 Å². The van der Waals surface area contributed by atoms with Crippen molar-refractivity contribution in [2.24, 2.45) is 5.92 Å². The number of benzene rings is 1. The van der Waals surface area contributed by atoms with E-state index in [0.717, 1.165) is 19.3 Å². The van der Waals surface area contributed by atoms with Crippen LogP contribution in [0.15, 0.2) is 36.5 Å². The summed E-state index contributed by atoms with van der Waals surface area (Å²) in [7, 11) is 1.51. The molecule has 2 fully saturated rings. The summed E-state index contributed by atoms with van der Waals surface area (Å²) in [6.07, 6.45) is 5.06. The SMILES string of the molecule is CN(CC(=O)N1CC(C(=O)Nc2ccccc2)CC1C#N)C(=O)c1cn(C2CCC2)nn1. The highest BCUT2D eigenvalue weighted by molar-refractivity contribution is 5.96. The molecule has 1 saturated carbocycles. The summed E-state index contributed by atoms with van der Waals surface area (Å²) in [5, 5.41) is 20.3. The summed E-state index contributed by atoms with van der Waals surface area (Å²) in [6, 6.07) is 10.7. The number of amides is 3. The standard InChI is InChI=1S/C22H25N7O3/c1-27(22(32)19-13-29(26-25-19)17-8-5-9-17)14-20(30)28-12-15(10-18(28)11-23)21(31)24-16-6-3-2-4-7-16/h2-4,6-7,13,15,17-18H,5,8-10,12,14H2,1H3,(H,24,31). The van der Waals surface area contributed by atoms with Gasteiger partial charge in [-0.25, -0.2) is 4.68 Å². The molecule has 0 bridgehead atoms. The van der Waals surface area contributed by atoms with Gasteiger partial charge in [0, 0.05) is 19.3 Å². The molecule has 2 unspecified atom stereocenters. The molecule has 1 N–H and O–H groups in total. The van der Waals surface area contributed by atoms with Gasteiger partial charge < -0.3 is 15.1 Å². The lowest BCUT2D eigenvalue weighted by Gasteiger charge is -2.24. The molecule has 166 valence electrons. The van der Waals surface area contributed by atoms with Crippen LogP contribution < -0.4 is 5.32 Å². The van der Waals surface area contributed by atoms with Gasteiger partial charge in [-0.3, -0.25) is 14.4 Å². The molecule has 0 spiro atoms. The van der Waals surface area contributed by atoms with Crippen LogP contribution in [0, 0.1) is 17.2 Å². The minimum Gasteiger partial charge on any atom is -0.331 e. The molecule has 3 amide bonds. The number of nitrogens with zero attached hydrogens (tertiary/aromatic N) is 6. The van der Waals surface area contributed by atoms with Crippen molar-refractivity contribution in [2.45, 2.75) is 37.8 Å². The highest BCUT2D eigenvalue weighted by Crippen LogP contribution is 2.30. The molecule has 4 rings (SSSR count). The van der Waals surface area contributed by atoms with Crippen molar-refractivity contribution in [3.8, 4) is 6.07 Å². The van der Waals surface area contributed by atoms with Crippen LogP contribution in [0.4, 0.5) is 5.69 Å². The van der Waals surface area contributed by atoms with Gasteiger partial charge in [0.15, 0.2) is 5.69 Å². The van der Waals surface area contributed by atoms with Crippen LogP contribution in [0.2, 0.25) is 0 Å². The Labute approximate surface area is 185 Å². The Morgan fingerprint density at radius 1 is 1.25 bits per heavy atom. The molecular formula is C22H25N7O3. The van der Waals surface area contributed by atoms with E-state index >= 15 is 0 Å². The predicted octanol–water partition coefficient (Wildman–Crippen LogP) is 1.45. The monoisotopic (exact) mass is 435 g/mol. The zero-order valence-corrected chi connectivity index (χ0v) is 17.8. The zero-order valence-electron chi connectivity index (χ0n) is 17.8. The third-order valence-corrected chi connectivity index (χ3v) is 6.08. The first-order chi connectivity index (χ1) is 15.5. The molecular weight excluding hydrogens is 410 g/mol. The van der Waals surface area contributed by atoms with E-state index in [0.29, 0.717) is 5.69 Å². The minimum atomic E-state index is -0.711. The van der Waals surface area contributed by atoms with Gasteiger partial charge in [-0.05, 0) is 37.8 Å². The van der Waals surface area contributed by atoms with E-state index in [4.69, 9.17) is 0 Å². The molecule has 1 aromatic heterocycles. The van der Waals surface area contributed by atoms with Gasteiger partial charge in [-0.1, -0.05) is 23.4 Å². The lowest BCUT2D eigenvalue weighted by molar-refractivity contribution is -0.131. The maximum atomic E-state index is 12.9. The molecule has 1 aliphatic heterocycles. The van der Waals surface area contributed by atoms with Gasteiger partial charge in [0.1, 0.15) is 6.04 Å². The number of para-hydroxylation sites is 1. The molecule has 2 aliphatic rings. The van der Waals surface area contributed by atoms with Gasteiger partial charge in [-0.15, -0.1) is 5.10 Å². The Morgan fingerprint density at radius 2 is 2.00 bits per heavy atom. The van der Waals surface area contributed by atoms with Crippen molar-refractivity contribution < 1.29 is 14.4 Å². The average molecular weight is 435 g/mol. The van der Waals surface area contributed by atoms with E-state index in [1.165, 1.54) is 16.8 Å². The number of aromatic nitrogens is 3. The van der Waals surface area contributed by atoms with Crippen molar-refractivity contribution in [1.82, 2.24) is 24.8 Å². The van der Waals surface area contributed by atoms with Crippen LogP contribution in [0.5, 0.6) is 0 Å². The fourth-order valence-electron chi connectivity index (χ4n) is 3.96. The average Bonchev–Trinajstić information content (AvgIpc) is 3.40. The number of nitriles is 1. The second-order valence-electron chi connectivity index (χ2n) is 8.31. The number of anilines is 1. The molecule has 2 heterocycles. The Balaban J connectivity index is 1.35. The first kappa shape index (κ1) is 21.5. The highest BCUT2D eigenvalue weighted by Gasteiger charge is 2.39. The molecule has 1 aliphatic carbocycles. The number of rotatable bonds is 6. The van der Waals surface area contributed by atoms with Crippen molar-refractivity contribution in [1.29, 1.82) is 5.26 Å². The summed E-state index contributed by atoms with van der Waals surface area (Å²) in [5.41, 5.74) is 0.849. The van der Waals surface area contributed by atoms with E-state index in [2.05, 4.69) is 21.7 Å². The van der Waals surface area contributed by atoms with Crippen LogP contribution in [0.1, 0.15) is 42.2 Å². The fraction of sp³-hybridized carbons (Fsp3) is 0.455. The predicted molar refractivity (Wildman–Crippen MR) is 114 cm³/mol. The van der Waals surface area contributed by atoms with Crippen LogP contribution in [0.25, 0.3) is 0 Å². The van der Waals surface area contributed by atoms with Crippen molar-refractivity contribution >= 4 is 23.4 Å². The third kappa shape index (κ3) is 4.46. The van der Waals surface area contributed by atoms with E-state index in [1.807, 2.05) is 18.2 Å². The number of likely N-dealkylation sites (tertiary alicyclic amines) is 1. The quantitative estimate of drug-likeness (QED) is 0.732. The zero-order chi connectivity index (χ0) is 22.7. The number of likely N-dealkylation sites (N-methyl/N-ethyl adjacent to an activating group) is 1. The number of hydrogen-bond acceptors (Lipinski definition) is 6. The Kier molecular flexibility index (Phi) is 6.16. The Hall–Kier alpha value is -3.74. The Bertz CT molecular complexity index is 1040. The van der Waals surface area contributed by atoms with Crippen LogP contribution in [-0.4, -0.2) is 68.7 Å². The van der Waals surface area contributed by atoms with Crippen LogP contribution >= 0.6 is 0 Å². The molecule has 1 saturated heterocycles. The largest absolute Gasteiger partial charge is 0.331 e. The van der Waals surface area contributed by atoms with Gasteiger partial charge in [0.2, 0.25) is 11.8 Å². The van der Waals surface area contributed by atoms with Gasteiger partial charge >= 0.3 is 0 Å². The topological polar surface area (TPSA) is 124 Å². The van der Waals surface area contributed by atoms with Crippen LogP contribution in [0.3, 0.4) is 0 Å². The van der Waals surface area contributed by atoms with Gasteiger partial charge in [-0.2, -0.15) is 5.26 Å². The van der Waals surface area contributed by atoms with Gasteiger partial charge in [0.05, 0.1) is 30.8 Å². The Morgan fingerprint density at radius 3 is 2.66 bits per heavy atom. The highest BCUT2D eigenvalue weighted by atomic mass is 16.2. The van der Waals surface area contributed by atoms with E-state index < -0.39 is 17.9 Å². The second-order valence-corrected chi connectivity index (χ2v) is 8.31. The fourth-order valence-corrected chi connectivity index (χ4v) is 3.96. The van der Waals surface area contributed by atoms with E-state index in [-0.39, 0.29) is 43.1 Å². The van der Waals surface area contributed by atoms with Crippen molar-refractivity contribution in [3.63, 3.8) is 0 Å². The second kappa shape index (κ2) is 9.18. The van der Waals surface area contributed by atoms with Crippen molar-refractivity contribution in [2.75, 3.05) is 25.5 Å². The minimum absolute atomic E-state index is 0.135. The third-order valence-electron chi connectivity index (χ3n) is 6.08. The molecule has 0 radical (unpaired) electrons. The molecule has 1 aromatic carbocycles. The number of carbonyl (C=O) groups is 3. The molecule has 10 heteroatoms. The molecule has 32 heavy (non-hydrogen) atoms. The molecule has 2 atom stereocenters. The smallest absolute Gasteiger partial charge is 0.276 e. The number of carbonyl (C=O) groups excluding carboxylic acids is 3. The van der Waals surface area contributed by atoms with E-state index in [9.17, 15) is 19.6 Å². The number of nitrogens with one attached hydrogen (secondary N) is 1. The summed E-state index contributed by atoms with van der Waals surface area (Å²) in [4.78, 5) is 40.8. The van der Waals surface area contributed by atoms with E-state index in [1.54, 1.807) is 23.0 Å². The summed E-state index contributed by atoms with van der Waals surface area (Å²) < 4.78 is 1.70. The summed E-state index contributed by atoms with van der Waals surface area (Å²) in [6.45, 7) is -0.0735. The maximum Gasteiger partial charge on any atom is 0.276 e. The normalized spacial score (nSPS) is 20.3.